The van der Waals surface area contributed by atoms with Crippen LogP contribution in [0.15, 0.2) is 59.5 Å². The highest BCUT2D eigenvalue weighted by atomic mass is 19.4. The van der Waals surface area contributed by atoms with Gasteiger partial charge in [0.25, 0.3) is 0 Å². The van der Waals surface area contributed by atoms with Crippen LogP contribution in [0.5, 0.6) is 0 Å². The van der Waals surface area contributed by atoms with Gasteiger partial charge in [0.05, 0.1) is 5.54 Å². The molecule has 1 unspecified atom stereocenters. The smallest absolute Gasteiger partial charge is 0.395 e. The molecular weight excluding hydrogens is 339 g/mol. The summed E-state index contributed by atoms with van der Waals surface area (Å²) in [5, 5.41) is 0. The summed E-state index contributed by atoms with van der Waals surface area (Å²) < 4.78 is 38.4. The molecular formula is C20H24F3N3. The van der Waals surface area contributed by atoms with Crippen molar-refractivity contribution >= 4 is 11.8 Å². The molecule has 1 saturated carbocycles. The van der Waals surface area contributed by atoms with E-state index in [1.54, 1.807) is 12.4 Å². The van der Waals surface area contributed by atoms with Gasteiger partial charge in [0.1, 0.15) is 5.70 Å². The zero-order valence-electron chi connectivity index (χ0n) is 15.0. The number of aromatic nitrogens is 1. The first-order chi connectivity index (χ1) is 12.2. The van der Waals surface area contributed by atoms with Crippen LogP contribution in [0.1, 0.15) is 38.7 Å². The summed E-state index contributed by atoms with van der Waals surface area (Å²) in [6, 6.07) is 3.77. The van der Waals surface area contributed by atoms with Gasteiger partial charge >= 0.3 is 6.18 Å². The molecule has 1 heterocycles. The average Bonchev–Trinajstić information content (AvgIpc) is 3.39. The summed E-state index contributed by atoms with van der Waals surface area (Å²) in [6.07, 6.45) is 9.83. The Labute approximate surface area is 152 Å². The lowest BCUT2D eigenvalue weighted by molar-refractivity contribution is -0.0925. The van der Waals surface area contributed by atoms with E-state index in [4.69, 9.17) is 5.73 Å². The van der Waals surface area contributed by atoms with E-state index in [1.165, 1.54) is 0 Å². The number of rotatable bonds is 7. The average molecular weight is 363 g/mol. The van der Waals surface area contributed by atoms with Gasteiger partial charge in [0, 0.05) is 24.0 Å². The third-order valence-electron chi connectivity index (χ3n) is 4.08. The summed E-state index contributed by atoms with van der Waals surface area (Å²) in [5.74, 6) is 0.0599. The normalized spacial score (nSPS) is 19.3. The third kappa shape index (κ3) is 6.17. The van der Waals surface area contributed by atoms with E-state index in [2.05, 4.69) is 9.98 Å². The Balaban J connectivity index is 2.25. The van der Waals surface area contributed by atoms with Gasteiger partial charge in [0.2, 0.25) is 0 Å². The van der Waals surface area contributed by atoms with Crippen molar-refractivity contribution in [1.82, 2.24) is 4.98 Å². The van der Waals surface area contributed by atoms with E-state index >= 15 is 0 Å². The van der Waals surface area contributed by atoms with Gasteiger partial charge in [-0.05, 0) is 56.9 Å². The Morgan fingerprint density at radius 2 is 1.96 bits per heavy atom. The standard InChI is InChI=1S/C20H24F3N3/c1-3-10-19(2,11-4-5-15-8-12-25-13-9-15)26-17(16-6-7-16)14-18(24)20(21,22)23/h3-5,8-10,12-14,16H,6-7,11,24H2,1-2H3/b5-4+,10-3-,18-14?,26-17?. The number of allylic oxidation sites excluding steroid dienone is 3. The van der Waals surface area contributed by atoms with Gasteiger partial charge in [-0.2, -0.15) is 13.2 Å². The summed E-state index contributed by atoms with van der Waals surface area (Å²) >= 11 is 0. The van der Waals surface area contributed by atoms with Crippen LogP contribution in [0.4, 0.5) is 13.2 Å². The molecule has 2 rings (SSSR count). The molecule has 1 aliphatic rings. The maximum Gasteiger partial charge on any atom is 0.430 e. The largest absolute Gasteiger partial charge is 0.430 e. The first-order valence-electron chi connectivity index (χ1n) is 8.58. The number of alkyl halides is 3. The summed E-state index contributed by atoms with van der Waals surface area (Å²) in [4.78, 5) is 8.62. The van der Waals surface area contributed by atoms with Crippen LogP contribution in [-0.4, -0.2) is 22.4 Å². The van der Waals surface area contributed by atoms with Crippen molar-refractivity contribution in [3.05, 3.63) is 60.1 Å². The molecule has 1 fully saturated rings. The maximum absolute atomic E-state index is 12.8. The molecule has 0 radical (unpaired) electrons. The van der Waals surface area contributed by atoms with Gasteiger partial charge < -0.3 is 5.73 Å². The molecule has 0 amide bonds. The minimum atomic E-state index is -4.53. The second kappa shape index (κ2) is 8.34. The van der Waals surface area contributed by atoms with Crippen molar-refractivity contribution < 1.29 is 13.2 Å². The predicted molar refractivity (Wildman–Crippen MR) is 99.6 cm³/mol. The van der Waals surface area contributed by atoms with Crippen molar-refractivity contribution in [3.8, 4) is 0 Å². The number of hydrogen-bond donors (Lipinski definition) is 1. The monoisotopic (exact) mass is 363 g/mol. The van der Waals surface area contributed by atoms with Crippen LogP contribution >= 0.6 is 0 Å². The van der Waals surface area contributed by atoms with Crippen LogP contribution in [0.25, 0.3) is 6.08 Å². The Hall–Kier alpha value is -2.37. The highest BCUT2D eigenvalue weighted by molar-refractivity contribution is 5.99. The molecule has 6 heteroatoms. The molecule has 140 valence electrons. The second-order valence-electron chi connectivity index (χ2n) is 6.65. The molecule has 0 saturated heterocycles. The topological polar surface area (TPSA) is 51.3 Å². The van der Waals surface area contributed by atoms with Crippen LogP contribution in [-0.2, 0) is 0 Å². The second-order valence-corrected chi connectivity index (χ2v) is 6.65. The minimum Gasteiger partial charge on any atom is -0.395 e. The van der Waals surface area contributed by atoms with Gasteiger partial charge in [0.15, 0.2) is 0 Å². The molecule has 2 N–H and O–H groups in total. The van der Waals surface area contributed by atoms with Crippen molar-refractivity contribution in [2.45, 2.75) is 44.8 Å². The van der Waals surface area contributed by atoms with E-state index < -0.39 is 17.4 Å². The van der Waals surface area contributed by atoms with E-state index in [9.17, 15) is 13.2 Å². The first-order valence-corrected chi connectivity index (χ1v) is 8.58. The van der Waals surface area contributed by atoms with E-state index in [0.717, 1.165) is 24.5 Å². The molecule has 1 aromatic rings. The summed E-state index contributed by atoms with van der Waals surface area (Å²) in [5.41, 5.74) is 4.92. The van der Waals surface area contributed by atoms with Crippen LogP contribution in [0, 0.1) is 5.92 Å². The SMILES string of the molecule is C/C=C\C(C)(C/C=C/c1ccncc1)N=C(C=C(N)C(F)(F)F)C1CC1. The lowest BCUT2D eigenvalue weighted by Crippen LogP contribution is -2.24. The molecule has 3 nitrogen and oxygen atoms in total. The van der Waals surface area contributed by atoms with E-state index in [0.29, 0.717) is 12.1 Å². The minimum absolute atomic E-state index is 0.0599. The van der Waals surface area contributed by atoms with Gasteiger partial charge in [-0.1, -0.05) is 24.3 Å². The number of pyridine rings is 1. The predicted octanol–water partition coefficient (Wildman–Crippen LogP) is 5.08. The third-order valence-corrected chi connectivity index (χ3v) is 4.08. The van der Waals surface area contributed by atoms with Crippen molar-refractivity contribution in [3.63, 3.8) is 0 Å². The summed E-state index contributed by atoms with van der Waals surface area (Å²) in [6.45, 7) is 3.78. The highest BCUT2D eigenvalue weighted by Crippen LogP contribution is 2.34. The van der Waals surface area contributed by atoms with Crippen molar-refractivity contribution in [1.29, 1.82) is 0 Å². The number of hydrogen-bond acceptors (Lipinski definition) is 3. The molecule has 1 aromatic heterocycles. The first kappa shape index (κ1) is 19.9. The maximum atomic E-state index is 12.8. The van der Waals surface area contributed by atoms with Crippen molar-refractivity contribution in [2.24, 2.45) is 16.6 Å². The highest BCUT2D eigenvalue weighted by Gasteiger charge is 2.35. The van der Waals surface area contributed by atoms with E-state index in [-0.39, 0.29) is 5.92 Å². The fraction of sp³-hybridized carbons (Fsp3) is 0.400. The zero-order valence-corrected chi connectivity index (χ0v) is 15.0. The molecule has 0 aromatic carbocycles. The van der Waals surface area contributed by atoms with Crippen LogP contribution < -0.4 is 5.73 Å². The number of nitrogens with two attached hydrogens (primary N) is 1. The van der Waals surface area contributed by atoms with E-state index in [1.807, 2.05) is 50.3 Å². The number of halogens is 3. The molecule has 0 bridgehead atoms. The van der Waals surface area contributed by atoms with Crippen molar-refractivity contribution in [2.75, 3.05) is 0 Å². The lowest BCUT2D eigenvalue weighted by Gasteiger charge is -2.21. The lowest BCUT2D eigenvalue weighted by atomic mass is 9.96. The van der Waals surface area contributed by atoms with Crippen LogP contribution in [0.3, 0.4) is 0 Å². The van der Waals surface area contributed by atoms with Crippen LogP contribution in [0.2, 0.25) is 0 Å². The quantitative estimate of drug-likeness (QED) is 0.543. The molecule has 0 aliphatic heterocycles. The summed E-state index contributed by atoms with van der Waals surface area (Å²) in [7, 11) is 0. The Morgan fingerprint density at radius 1 is 1.31 bits per heavy atom. The van der Waals surface area contributed by atoms with Gasteiger partial charge in [-0.15, -0.1) is 0 Å². The molecule has 1 atom stereocenters. The fourth-order valence-corrected chi connectivity index (χ4v) is 2.57. The Kier molecular flexibility index (Phi) is 6.40. The molecule has 26 heavy (non-hydrogen) atoms. The van der Waals surface area contributed by atoms with Gasteiger partial charge in [-0.25, -0.2) is 0 Å². The molecule has 1 aliphatic carbocycles. The van der Waals surface area contributed by atoms with Gasteiger partial charge in [-0.3, -0.25) is 9.98 Å². The Bertz CT molecular complexity index is 714. The Morgan fingerprint density at radius 3 is 2.50 bits per heavy atom. The number of nitrogens with zero attached hydrogens (tertiary/aromatic N) is 2. The number of aliphatic imine (C=N–C) groups is 1. The fourth-order valence-electron chi connectivity index (χ4n) is 2.57. The zero-order chi connectivity index (χ0) is 19.2. The molecule has 0 spiro atoms.